The molecule has 5 heteroatoms. The molecule has 0 spiro atoms. The molecule has 1 heterocycles. The minimum Gasteiger partial charge on any atom is -0.508 e. The number of aromatic hydroxyl groups is 1. The number of benzene rings is 3. The largest absolute Gasteiger partial charge is 0.508 e. The van der Waals surface area contributed by atoms with Crippen LogP contribution in [0.1, 0.15) is 33.5 Å². The van der Waals surface area contributed by atoms with Crippen LogP contribution in [-0.4, -0.2) is 36.6 Å². The fourth-order valence-electron chi connectivity index (χ4n) is 4.12. The first-order valence-corrected chi connectivity index (χ1v) is 10.7. The Labute approximate surface area is 189 Å². The Morgan fingerprint density at radius 1 is 1.06 bits per heavy atom. The highest BCUT2D eigenvalue weighted by Gasteiger charge is 2.22. The lowest BCUT2D eigenvalue weighted by Crippen LogP contribution is -2.29. The molecule has 4 rings (SSSR count). The monoisotopic (exact) mass is 428 g/mol. The zero-order valence-corrected chi connectivity index (χ0v) is 18.5. The zero-order chi connectivity index (χ0) is 22.7. The SMILES string of the molecule is C=C(c1ccc(O)cc1)N1CCCc2cc(C(=O)N(C)Cc3ccc(OC)cc3)ccc21. The summed E-state index contributed by atoms with van der Waals surface area (Å²) in [6.45, 7) is 5.69. The molecule has 0 radical (unpaired) electrons. The Bertz CT molecular complexity index is 1120. The first kappa shape index (κ1) is 21.5. The van der Waals surface area contributed by atoms with E-state index in [1.165, 1.54) is 0 Å². The third-order valence-electron chi connectivity index (χ3n) is 5.90. The van der Waals surface area contributed by atoms with E-state index in [9.17, 15) is 9.90 Å². The number of aryl methyl sites for hydroxylation is 1. The van der Waals surface area contributed by atoms with E-state index in [1.807, 2.05) is 61.6 Å². The Hall–Kier alpha value is -3.73. The summed E-state index contributed by atoms with van der Waals surface area (Å²) in [5, 5.41) is 9.57. The lowest BCUT2D eigenvalue weighted by atomic mass is 9.97. The van der Waals surface area contributed by atoms with Crippen LogP contribution in [0.2, 0.25) is 0 Å². The van der Waals surface area contributed by atoms with Gasteiger partial charge in [0.05, 0.1) is 7.11 Å². The smallest absolute Gasteiger partial charge is 0.253 e. The molecular weight excluding hydrogens is 400 g/mol. The highest BCUT2D eigenvalue weighted by molar-refractivity contribution is 5.95. The molecule has 1 aliphatic rings. The number of amides is 1. The van der Waals surface area contributed by atoms with Crippen molar-refractivity contribution in [2.24, 2.45) is 0 Å². The predicted octanol–water partition coefficient (Wildman–Crippen LogP) is 5.10. The molecule has 1 aliphatic heterocycles. The van der Waals surface area contributed by atoms with Gasteiger partial charge in [-0.25, -0.2) is 0 Å². The van der Waals surface area contributed by atoms with E-state index in [0.717, 1.165) is 53.2 Å². The summed E-state index contributed by atoms with van der Waals surface area (Å²) in [5.41, 5.74) is 5.84. The molecule has 0 aromatic heterocycles. The number of nitrogens with zero attached hydrogens (tertiary/aromatic N) is 2. The van der Waals surface area contributed by atoms with Gasteiger partial charge in [-0.05, 0) is 84.1 Å². The predicted molar refractivity (Wildman–Crippen MR) is 128 cm³/mol. The van der Waals surface area contributed by atoms with Crippen molar-refractivity contribution in [1.82, 2.24) is 4.90 Å². The molecule has 0 saturated carbocycles. The number of rotatable bonds is 6. The van der Waals surface area contributed by atoms with E-state index >= 15 is 0 Å². The van der Waals surface area contributed by atoms with E-state index in [-0.39, 0.29) is 11.7 Å². The molecule has 1 amide bonds. The van der Waals surface area contributed by atoms with Crippen LogP contribution in [-0.2, 0) is 13.0 Å². The number of phenols is 1. The number of ether oxygens (including phenoxy) is 1. The van der Waals surface area contributed by atoms with Gasteiger partial charge in [0.1, 0.15) is 11.5 Å². The van der Waals surface area contributed by atoms with Gasteiger partial charge in [0, 0.05) is 37.1 Å². The first-order valence-electron chi connectivity index (χ1n) is 10.7. The van der Waals surface area contributed by atoms with Crippen molar-refractivity contribution in [3.05, 3.63) is 95.6 Å². The van der Waals surface area contributed by atoms with Crippen molar-refractivity contribution in [2.75, 3.05) is 25.6 Å². The summed E-state index contributed by atoms with van der Waals surface area (Å²) < 4.78 is 5.20. The molecule has 0 atom stereocenters. The molecule has 3 aromatic carbocycles. The van der Waals surface area contributed by atoms with Crippen molar-refractivity contribution in [2.45, 2.75) is 19.4 Å². The van der Waals surface area contributed by atoms with Crippen LogP contribution in [0.3, 0.4) is 0 Å². The van der Waals surface area contributed by atoms with Crippen molar-refractivity contribution in [3.8, 4) is 11.5 Å². The number of phenolic OH excluding ortho intramolecular Hbond substituents is 1. The zero-order valence-electron chi connectivity index (χ0n) is 18.5. The van der Waals surface area contributed by atoms with Gasteiger partial charge >= 0.3 is 0 Å². The lowest BCUT2D eigenvalue weighted by Gasteiger charge is -2.33. The average Bonchev–Trinajstić information content (AvgIpc) is 2.83. The topological polar surface area (TPSA) is 53.0 Å². The van der Waals surface area contributed by atoms with Crippen molar-refractivity contribution < 1.29 is 14.6 Å². The summed E-state index contributed by atoms with van der Waals surface area (Å²) in [6.07, 6.45) is 1.92. The van der Waals surface area contributed by atoms with Crippen LogP contribution in [0, 0.1) is 0 Å². The third-order valence-corrected chi connectivity index (χ3v) is 5.90. The van der Waals surface area contributed by atoms with Gasteiger partial charge in [0.2, 0.25) is 0 Å². The maximum atomic E-state index is 13.1. The minimum atomic E-state index is -0.00176. The number of hydrogen-bond acceptors (Lipinski definition) is 4. The molecule has 0 aliphatic carbocycles. The van der Waals surface area contributed by atoms with E-state index in [4.69, 9.17) is 4.74 Å². The summed E-state index contributed by atoms with van der Waals surface area (Å²) in [6, 6.07) is 20.8. The molecule has 3 aromatic rings. The second-order valence-electron chi connectivity index (χ2n) is 8.10. The molecule has 0 unspecified atom stereocenters. The van der Waals surface area contributed by atoms with E-state index < -0.39 is 0 Å². The maximum Gasteiger partial charge on any atom is 0.253 e. The molecular formula is C27H28N2O3. The van der Waals surface area contributed by atoms with Gasteiger partial charge in [0.15, 0.2) is 0 Å². The molecule has 5 nitrogen and oxygen atoms in total. The average molecular weight is 429 g/mol. The van der Waals surface area contributed by atoms with E-state index in [1.54, 1.807) is 24.1 Å². The quantitative estimate of drug-likeness (QED) is 0.594. The number of carbonyl (C=O) groups is 1. The van der Waals surface area contributed by atoms with Gasteiger partial charge in [0.25, 0.3) is 5.91 Å². The van der Waals surface area contributed by atoms with E-state index in [2.05, 4.69) is 11.5 Å². The summed E-state index contributed by atoms with van der Waals surface area (Å²) in [7, 11) is 3.47. The lowest BCUT2D eigenvalue weighted by molar-refractivity contribution is 0.0785. The van der Waals surface area contributed by atoms with Crippen molar-refractivity contribution in [3.63, 3.8) is 0 Å². The van der Waals surface area contributed by atoms with Gasteiger partial charge < -0.3 is 19.6 Å². The minimum absolute atomic E-state index is 0.00176. The number of carbonyl (C=O) groups excluding carboxylic acids is 1. The summed E-state index contributed by atoms with van der Waals surface area (Å²) in [5.74, 6) is 1.04. The van der Waals surface area contributed by atoms with Crippen LogP contribution in [0.15, 0.2) is 73.3 Å². The van der Waals surface area contributed by atoms with Crippen molar-refractivity contribution in [1.29, 1.82) is 0 Å². The van der Waals surface area contributed by atoms with Crippen molar-refractivity contribution >= 4 is 17.3 Å². The Balaban J connectivity index is 1.51. The fourth-order valence-corrected chi connectivity index (χ4v) is 4.12. The second kappa shape index (κ2) is 9.18. The highest BCUT2D eigenvalue weighted by Crippen LogP contribution is 2.34. The summed E-state index contributed by atoms with van der Waals surface area (Å²) in [4.78, 5) is 17.0. The normalized spacial score (nSPS) is 12.8. The molecule has 1 N–H and O–H groups in total. The highest BCUT2D eigenvalue weighted by atomic mass is 16.5. The van der Waals surface area contributed by atoms with E-state index in [0.29, 0.717) is 12.1 Å². The molecule has 0 fully saturated rings. The third kappa shape index (κ3) is 4.47. The number of anilines is 1. The number of hydrogen-bond donors (Lipinski definition) is 1. The fraction of sp³-hybridized carbons (Fsp3) is 0.222. The first-order chi connectivity index (χ1) is 15.5. The molecule has 164 valence electrons. The number of fused-ring (bicyclic) bond motifs is 1. The number of methoxy groups -OCH3 is 1. The maximum absolute atomic E-state index is 13.1. The molecule has 0 bridgehead atoms. The van der Waals surface area contributed by atoms with Crippen LogP contribution >= 0.6 is 0 Å². The Morgan fingerprint density at radius 3 is 2.44 bits per heavy atom. The second-order valence-corrected chi connectivity index (χ2v) is 8.10. The Kier molecular flexibility index (Phi) is 6.17. The summed E-state index contributed by atoms with van der Waals surface area (Å²) >= 11 is 0. The van der Waals surface area contributed by atoms with Crippen LogP contribution in [0.5, 0.6) is 11.5 Å². The van der Waals surface area contributed by atoms with Crippen LogP contribution in [0.25, 0.3) is 5.70 Å². The molecule has 0 saturated heterocycles. The van der Waals surface area contributed by atoms with Gasteiger partial charge in [-0.2, -0.15) is 0 Å². The van der Waals surface area contributed by atoms with Gasteiger partial charge in [-0.3, -0.25) is 4.79 Å². The Morgan fingerprint density at radius 2 is 1.75 bits per heavy atom. The van der Waals surface area contributed by atoms with Crippen LogP contribution in [0.4, 0.5) is 5.69 Å². The molecule has 32 heavy (non-hydrogen) atoms. The van der Waals surface area contributed by atoms with Crippen LogP contribution < -0.4 is 9.64 Å². The van der Waals surface area contributed by atoms with Gasteiger partial charge in [-0.1, -0.05) is 18.7 Å². The van der Waals surface area contributed by atoms with Gasteiger partial charge in [-0.15, -0.1) is 0 Å². The standard InChI is InChI=1S/C27H28N2O3/c1-19(21-8-11-24(30)12-9-21)29-16-4-5-22-17-23(10-15-26(22)29)27(31)28(2)18-20-6-13-25(32-3)14-7-20/h6-15,17,30H,1,4-5,16,18H2,2-3H3.